The first-order valence-electron chi connectivity index (χ1n) is 3.62. The second kappa shape index (κ2) is 3.56. The van der Waals surface area contributed by atoms with Crippen LogP contribution >= 0.6 is 0 Å². The fourth-order valence-corrected chi connectivity index (χ4v) is 1.10. The van der Waals surface area contributed by atoms with E-state index in [1.807, 2.05) is 0 Å². The Morgan fingerprint density at radius 3 is 2.08 bits per heavy atom. The van der Waals surface area contributed by atoms with Crippen molar-refractivity contribution in [3.63, 3.8) is 0 Å². The fraction of sp³-hybridized carbons (Fsp3) is 0.833. The highest BCUT2D eigenvalue weighted by atomic mass is 16.6. The molecule has 0 saturated carbocycles. The Bertz CT molecular complexity index is 209. The molecule has 1 rings (SSSR count). The van der Waals surface area contributed by atoms with E-state index < -0.39 is 36.6 Å². The monoisotopic (exact) mass is 193 g/mol. The van der Waals surface area contributed by atoms with Gasteiger partial charge >= 0.3 is 0 Å². The van der Waals surface area contributed by atoms with Crippen LogP contribution in [0.4, 0.5) is 0 Å². The Morgan fingerprint density at radius 1 is 1.08 bits per heavy atom. The van der Waals surface area contributed by atoms with Gasteiger partial charge in [0.1, 0.15) is 18.3 Å². The second-order valence-electron chi connectivity index (χ2n) is 2.82. The van der Waals surface area contributed by atoms with Gasteiger partial charge in [-0.1, -0.05) is 0 Å². The number of carbonyl (C=O) groups excluding carboxylic acids is 1. The number of carbonyl (C=O) groups is 1. The molecule has 1 fully saturated rings. The van der Waals surface area contributed by atoms with E-state index in [2.05, 4.69) is 4.74 Å². The highest BCUT2D eigenvalue weighted by Gasteiger charge is 2.45. The molecule has 7 nitrogen and oxygen atoms in total. The Balaban J connectivity index is 2.76. The van der Waals surface area contributed by atoms with Crippen LogP contribution in [0.1, 0.15) is 0 Å². The summed E-state index contributed by atoms with van der Waals surface area (Å²) < 4.78 is 4.46. The van der Waals surface area contributed by atoms with Gasteiger partial charge in [-0.25, -0.2) is 0 Å². The quantitative estimate of drug-likeness (QED) is 0.291. The predicted molar refractivity (Wildman–Crippen MR) is 38.1 cm³/mol. The predicted octanol–water partition coefficient (Wildman–Crippen LogP) is -3.73. The molecule has 0 spiro atoms. The number of ether oxygens (including phenoxy) is 1. The SMILES string of the molecule is NC(=O)[C@H]1OC(O)[C@H](O)[C@@H](O)[C@@H]1O. The maximum Gasteiger partial charge on any atom is 0.249 e. The lowest BCUT2D eigenvalue weighted by molar-refractivity contribution is -0.275. The number of hydrogen-bond acceptors (Lipinski definition) is 6. The molecule has 1 aliphatic rings. The minimum absolute atomic E-state index is 1.02. The molecule has 13 heavy (non-hydrogen) atoms. The van der Waals surface area contributed by atoms with Gasteiger partial charge in [-0.15, -0.1) is 0 Å². The van der Waals surface area contributed by atoms with Crippen molar-refractivity contribution in [3.8, 4) is 0 Å². The third-order valence-electron chi connectivity index (χ3n) is 1.87. The van der Waals surface area contributed by atoms with Crippen molar-refractivity contribution in [2.24, 2.45) is 5.73 Å². The molecule has 0 aliphatic carbocycles. The van der Waals surface area contributed by atoms with Gasteiger partial charge in [-0.05, 0) is 0 Å². The van der Waals surface area contributed by atoms with Crippen molar-refractivity contribution in [2.45, 2.75) is 30.7 Å². The molecule has 5 atom stereocenters. The molecule has 1 heterocycles. The van der Waals surface area contributed by atoms with E-state index in [-0.39, 0.29) is 0 Å². The largest absolute Gasteiger partial charge is 0.387 e. The van der Waals surface area contributed by atoms with Crippen molar-refractivity contribution >= 4 is 5.91 Å². The molecule has 0 aromatic heterocycles. The molecule has 76 valence electrons. The first kappa shape index (κ1) is 10.4. The van der Waals surface area contributed by atoms with E-state index in [1.165, 1.54) is 0 Å². The van der Waals surface area contributed by atoms with Crippen LogP contribution in [0.15, 0.2) is 0 Å². The molecule has 0 aromatic rings. The van der Waals surface area contributed by atoms with Gasteiger partial charge in [0, 0.05) is 0 Å². The van der Waals surface area contributed by atoms with E-state index in [0.717, 1.165) is 0 Å². The Hall–Kier alpha value is -0.730. The molecule has 1 unspecified atom stereocenters. The van der Waals surface area contributed by atoms with E-state index in [4.69, 9.17) is 26.2 Å². The lowest BCUT2D eigenvalue weighted by Gasteiger charge is -2.36. The van der Waals surface area contributed by atoms with E-state index in [9.17, 15) is 4.79 Å². The third kappa shape index (κ3) is 1.79. The first-order valence-corrected chi connectivity index (χ1v) is 3.62. The molecule has 7 heteroatoms. The van der Waals surface area contributed by atoms with Gasteiger partial charge in [0.25, 0.3) is 0 Å². The minimum Gasteiger partial charge on any atom is -0.387 e. The number of primary amides is 1. The smallest absolute Gasteiger partial charge is 0.249 e. The van der Waals surface area contributed by atoms with Crippen LogP contribution in [0.3, 0.4) is 0 Å². The zero-order chi connectivity index (χ0) is 10.2. The molecule has 0 radical (unpaired) electrons. The lowest BCUT2D eigenvalue weighted by Crippen LogP contribution is -2.60. The lowest BCUT2D eigenvalue weighted by atomic mass is 9.99. The van der Waals surface area contributed by atoms with Crippen LogP contribution in [0.2, 0.25) is 0 Å². The fourth-order valence-electron chi connectivity index (χ4n) is 1.10. The summed E-state index contributed by atoms with van der Waals surface area (Å²) in [6.45, 7) is 0. The molecule has 0 aromatic carbocycles. The number of aliphatic hydroxyl groups excluding tert-OH is 4. The summed E-state index contributed by atoms with van der Waals surface area (Å²) in [6.07, 6.45) is -8.16. The van der Waals surface area contributed by atoms with Crippen molar-refractivity contribution in [1.29, 1.82) is 0 Å². The van der Waals surface area contributed by atoms with Crippen molar-refractivity contribution in [3.05, 3.63) is 0 Å². The molecule has 1 amide bonds. The zero-order valence-electron chi connectivity index (χ0n) is 6.57. The second-order valence-corrected chi connectivity index (χ2v) is 2.82. The summed E-state index contributed by atoms with van der Waals surface area (Å²) >= 11 is 0. The topological polar surface area (TPSA) is 133 Å². The maximum absolute atomic E-state index is 10.6. The summed E-state index contributed by atoms with van der Waals surface area (Å²) in [6, 6.07) is 0. The number of rotatable bonds is 1. The zero-order valence-corrected chi connectivity index (χ0v) is 6.57. The standard InChI is InChI=1S/C6H11NO6/c7-5(11)4-2(9)1(8)3(10)6(12)13-4/h1-4,6,8-10,12H,(H2,7,11)/t1-,2-,3+,4-,6?/m0/s1. The van der Waals surface area contributed by atoms with Crippen molar-refractivity contribution in [2.75, 3.05) is 0 Å². The van der Waals surface area contributed by atoms with Crippen LogP contribution in [0, 0.1) is 0 Å². The number of nitrogens with two attached hydrogens (primary N) is 1. The Kier molecular flexibility index (Phi) is 2.84. The van der Waals surface area contributed by atoms with Crippen molar-refractivity contribution in [1.82, 2.24) is 0 Å². The normalized spacial score (nSPS) is 46.0. The van der Waals surface area contributed by atoms with Crippen LogP contribution in [-0.2, 0) is 9.53 Å². The molecule has 6 N–H and O–H groups in total. The highest BCUT2D eigenvalue weighted by molar-refractivity contribution is 5.79. The number of aliphatic hydroxyl groups is 4. The van der Waals surface area contributed by atoms with E-state index in [0.29, 0.717) is 0 Å². The number of hydrogen-bond donors (Lipinski definition) is 5. The number of amides is 1. The van der Waals surface area contributed by atoms with Crippen LogP contribution in [-0.4, -0.2) is 57.0 Å². The molecular formula is C6H11NO6. The van der Waals surface area contributed by atoms with Gasteiger partial charge in [-0.3, -0.25) is 4.79 Å². The Morgan fingerprint density at radius 2 is 1.62 bits per heavy atom. The third-order valence-corrected chi connectivity index (χ3v) is 1.87. The summed E-state index contributed by atoms with van der Waals surface area (Å²) in [5, 5.41) is 36.2. The van der Waals surface area contributed by atoms with Gasteiger partial charge in [0.2, 0.25) is 5.91 Å². The van der Waals surface area contributed by atoms with Crippen molar-refractivity contribution < 1.29 is 30.0 Å². The minimum atomic E-state index is -1.73. The molecule has 1 saturated heterocycles. The van der Waals surface area contributed by atoms with Crippen LogP contribution < -0.4 is 5.73 Å². The maximum atomic E-state index is 10.6. The van der Waals surface area contributed by atoms with Gasteiger partial charge in [-0.2, -0.15) is 0 Å². The van der Waals surface area contributed by atoms with Crippen LogP contribution in [0.5, 0.6) is 0 Å². The summed E-state index contributed by atoms with van der Waals surface area (Å²) in [5.41, 5.74) is 4.80. The molecule has 1 aliphatic heterocycles. The summed E-state index contributed by atoms with van der Waals surface area (Å²) in [7, 11) is 0. The highest BCUT2D eigenvalue weighted by Crippen LogP contribution is 2.19. The first-order chi connectivity index (χ1) is 5.95. The van der Waals surface area contributed by atoms with Crippen LogP contribution in [0.25, 0.3) is 0 Å². The van der Waals surface area contributed by atoms with Gasteiger partial charge in [0.15, 0.2) is 12.4 Å². The van der Waals surface area contributed by atoms with Gasteiger partial charge in [0.05, 0.1) is 0 Å². The molecule has 0 bridgehead atoms. The average Bonchev–Trinajstić information content (AvgIpc) is 2.07. The Labute approximate surface area is 73.4 Å². The summed E-state index contributed by atoms with van der Waals surface area (Å²) in [5.74, 6) is -1.02. The average molecular weight is 193 g/mol. The van der Waals surface area contributed by atoms with Gasteiger partial charge < -0.3 is 30.9 Å². The molecular weight excluding hydrogens is 182 g/mol. The van der Waals surface area contributed by atoms with E-state index >= 15 is 0 Å². The van der Waals surface area contributed by atoms with E-state index in [1.54, 1.807) is 0 Å². The summed E-state index contributed by atoms with van der Waals surface area (Å²) in [4.78, 5) is 10.6.